The highest BCUT2D eigenvalue weighted by atomic mass is 79.9. The van der Waals surface area contributed by atoms with Crippen molar-refractivity contribution in [2.75, 3.05) is 13.3 Å². The Morgan fingerprint density at radius 2 is 2.00 bits per heavy atom. The van der Waals surface area contributed by atoms with Crippen LogP contribution in [0, 0.1) is 10.1 Å². The van der Waals surface area contributed by atoms with E-state index in [1.807, 2.05) is 0 Å². The molecule has 0 bridgehead atoms. The molecule has 0 atom stereocenters. The third-order valence-corrected chi connectivity index (χ3v) is 4.28. The summed E-state index contributed by atoms with van der Waals surface area (Å²) in [6, 6.07) is 9.09. The Bertz CT molecular complexity index is 978. The summed E-state index contributed by atoms with van der Waals surface area (Å²) in [5.41, 5.74) is 2.87. The lowest BCUT2D eigenvalue weighted by Crippen LogP contribution is -2.34. The molecule has 11 heteroatoms. The Morgan fingerprint density at radius 1 is 1.21 bits per heavy atom. The first kappa shape index (κ1) is 19.3. The zero-order valence-corrected chi connectivity index (χ0v) is 15.8. The molecule has 10 nitrogen and oxygen atoms in total. The molecule has 1 heterocycles. The second-order valence-electron chi connectivity index (χ2n) is 5.51. The first-order valence-corrected chi connectivity index (χ1v) is 8.67. The van der Waals surface area contributed by atoms with Crippen LogP contribution in [0.4, 0.5) is 5.69 Å². The van der Waals surface area contributed by atoms with Crippen LogP contribution < -0.4 is 20.2 Å². The van der Waals surface area contributed by atoms with Gasteiger partial charge >= 0.3 is 0 Å². The van der Waals surface area contributed by atoms with Crippen molar-refractivity contribution in [2.45, 2.75) is 0 Å². The number of hydrogen-bond acceptors (Lipinski definition) is 7. The van der Waals surface area contributed by atoms with Crippen LogP contribution in [0.5, 0.6) is 11.5 Å². The van der Waals surface area contributed by atoms with Gasteiger partial charge in [0.2, 0.25) is 6.79 Å². The number of hydrazone groups is 1. The van der Waals surface area contributed by atoms with E-state index in [2.05, 4.69) is 31.8 Å². The van der Waals surface area contributed by atoms with Crippen LogP contribution in [-0.4, -0.2) is 36.3 Å². The van der Waals surface area contributed by atoms with Crippen molar-refractivity contribution in [3.63, 3.8) is 0 Å². The first-order valence-electron chi connectivity index (χ1n) is 7.88. The summed E-state index contributed by atoms with van der Waals surface area (Å²) in [6.45, 7) is -0.201. The van der Waals surface area contributed by atoms with Gasteiger partial charge in [0.05, 0.1) is 22.2 Å². The second-order valence-corrected chi connectivity index (χ2v) is 6.37. The lowest BCUT2D eigenvalue weighted by atomic mass is 10.2. The number of fused-ring (bicyclic) bond motifs is 1. The molecular weight excluding hydrogens is 436 g/mol. The minimum Gasteiger partial charge on any atom is -0.454 e. The third kappa shape index (κ3) is 4.62. The van der Waals surface area contributed by atoms with Crippen LogP contribution in [0.15, 0.2) is 46.0 Å². The number of nitrogens with one attached hydrogen (secondary N) is 2. The van der Waals surface area contributed by atoms with E-state index in [0.717, 1.165) is 0 Å². The van der Waals surface area contributed by atoms with Gasteiger partial charge in [0.25, 0.3) is 17.5 Å². The van der Waals surface area contributed by atoms with Gasteiger partial charge in [-0.15, -0.1) is 0 Å². The lowest BCUT2D eigenvalue weighted by Gasteiger charge is -2.05. The lowest BCUT2D eigenvalue weighted by molar-refractivity contribution is -0.385. The molecule has 3 rings (SSSR count). The maximum Gasteiger partial charge on any atom is 0.284 e. The Hall–Kier alpha value is -3.47. The maximum absolute atomic E-state index is 12.1. The number of benzene rings is 2. The van der Waals surface area contributed by atoms with Gasteiger partial charge in [-0.3, -0.25) is 19.7 Å². The van der Waals surface area contributed by atoms with Crippen molar-refractivity contribution >= 4 is 39.6 Å². The Balaban J connectivity index is 1.50. The fourth-order valence-electron chi connectivity index (χ4n) is 2.27. The molecular formula is C17H13BrN4O6. The van der Waals surface area contributed by atoms with E-state index < -0.39 is 16.7 Å². The molecule has 2 amide bonds. The molecule has 0 radical (unpaired) electrons. The van der Waals surface area contributed by atoms with Gasteiger partial charge in [0, 0.05) is 17.2 Å². The molecule has 2 aromatic carbocycles. The molecule has 0 spiro atoms. The fraction of sp³-hybridized carbons (Fsp3) is 0.118. The van der Waals surface area contributed by atoms with E-state index in [-0.39, 0.29) is 19.0 Å². The number of amides is 2. The molecule has 0 unspecified atom stereocenters. The van der Waals surface area contributed by atoms with Gasteiger partial charge in [0.1, 0.15) is 0 Å². The number of carbonyl (C=O) groups excluding carboxylic acids is 2. The third-order valence-electron chi connectivity index (χ3n) is 3.61. The first-order chi connectivity index (χ1) is 13.4. The molecule has 0 fully saturated rings. The summed E-state index contributed by atoms with van der Waals surface area (Å²) in [4.78, 5) is 34.2. The van der Waals surface area contributed by atoms with Crippen molar-refractivity contribution in [2.24, 2.45) is 5.10 Å². The van der Waals surface area contributed by atoms with Crippen LogP contribution in [-0.2, 0) is 4.79 Å². The largest absolute Gasteiger partial charge is 0.454 e. The Kier molecular flexibility index (Phi) is 5.84. The highest BCUT2D eigenvalue weighted by Crippen LogP contribution is 2.32. The minimum atomic E-state index is -0.558. The van der Waals surface area contributed by atoms with Gasteiger partial charge in [0.15, 0.2) is 11.5 Å². The second kappa shape index (κ2) is 8.48. The Labute approximate surface area is 166 Å². The number of rotatable bonds is 6. The zero-order chi connectivity index (χ0) is 20.1. The van der Waals surface area contributed by atoms with Crippen molar-refractivity contribution < 1.29 is 24.0 Å². The van der Waals surface area contributed by atoms with E-state index in [9.17, 15) is 19.7 Å². The van der Waals surface area contributed by atoms with E-state index in [0.29, 0.717) is 27.1 Å². The molecule has 0 saturated carbocycles. The molecule has 1 aliphatic heterocycles. The average molecular weight is 449 g/mol. The minimum absolute atomic E-state index is 0.0995. The predicted octanol–water partition coefficient (Wildman–Crippen LogP) is 1.97. The number of halogens is 1. The molecule has 2 N–H and O–H groups in total. The normalized spacial score (nSPS) is 12.0. The van der Waals surface area contributed by atoms with Crippen LogP contribution in [0.1, 0.15) is 15.9 Å². The van der Waals surface area contributed by atoms with Gasteiger partial charge in [-0.2, -0.15) is 5.10 Å². The summed E-state index contributed by atoms with van der Waals surface area (Å²) < 4.78 is 10.7. The number of nitro groups is 1. The predicted molar refractivity (Wildman–Crippen MR) is 101 cm³/mol. The summed E-state index contributed by atoms with van der Waals surface area (Å²) in [5, 5.41) is 17.1. The highest BCUT2D eigenvalue weighted by molar-refractivity contribution is 9.10. The van der Waals surface area contributed by atoms with Crippen molar-refractivity contribution in [3.8, 4) is 11.5 Å². The summed E-state index contributed by atoms with van der Waals surface area (Å²) in [7, 11) is 0. The Morgan fingerprint density at radius 3 is 2.79 bits per heavy atom. The van der Waals surface area contributed by atoms with Crippen LogP contribution in [0.25, 0.3) is 0 Å². The summed E-state index contributed by atoms with van der Waals surface area (Å²) >= 11 is 3.08. The molecule has 144 valence electrons. The number of ether oxygens (including phenoxy) is 2. The van der Waals surface area contributed by atoms with Crippen molar-refractivity contribution in [1.82, 2.24) is 10.7 Å². The number of nitrogens with zero attached hydrogens (tertiary/aromatic N) is 2. The van der Waals surface area contributed by atoms with Gasteiger partial charge < -0.3 is 14.8 Å². The molecule has 1 aliphatic rings. The van der Waals surface area contributed by atoms with Crippen LogP contribution in [0.3, 0.4) is 0 Å². The van der Waals surface area contributed by atoms with E-state index in [1.165, 1.54) is 24.4 Å². The van der Waals surface area contributed by atoms with Crippen molar-refractivity contribution in [1.29, 1.82) is 0 Å². The van der Waals surface area contributed by atoms with Gasteiger partial charge in [-0.25, -0.2) is 5.43 Å². The van der Waals surface area contributed by atoms with E-state index in [4.69, 9.17) is 9.47 Å². The van der Waals surface area contributed by atoms with Crippen LogP contribution >= 0.6 is 15.9 Å². The molecule has 0 aliphatic carbocycles. The molecule has 0 saturated heterocycles. The van der Waals surface area contributed by atoms with Crippen LogP contribution in [0.2, 0.25) is 0 Å². The van der Waals surface area contributed by atoms with E-state index >= 15 is 0 Å². The van der Waals surface area contributed by atoms with E-state index in [1.54, 1.807) is 18.2 Å². The number of nitro benzene ring substituents is 1. The van der Waals surface area contributed by atoms with Gasteiger partial charge in [-0.05, 0) is 40.2 Å². The molecule has 2 aromatic rings. The quantitative estimate of drug-likeness (QED) is 0.394. The monoisotopic (exact) mass is 448 g/mol. The maximum atomic E-state index is 12.1. The average Bonchev–Trinajstić information content (AvgIpc) is 3.15. The van der Waals surface area contributed by atoms with Crippen molar-refractivity contribution in [3.05, 3.63) is 62.1 Å². The highest BCUT2D eigenvalue weighted by Gasteiger charge is 2.16. The fourth-order valence-corrected chi connectivity index (χ4v) is 2.66. The van der Waals surface area contributed by atoms with Gasteiger partial charge in [-0.1, -0.05) is 6.07 Å². The summed E-state index contributed by atoms with van der Waals surface area (Å²) in [5.74, 6) is 0.0000187. The zero-order valence-electron chi connectivity index (χ0n) is 14.2. The number of carbonyl (C=O) groups is 2. The number of hydrogen-bond donors (Lipinski definition) is 2. The summed E-state index contributed by atoms with van der Waals surface area (Å²) in [6.07, 6.45) is 1.26. The molecule has 28 heavy (non-hydrogen) atoms. The topological polar surface area (TPSA) is 132 Å². The standard InChI is InChI=1S/C17H13BrN4O6/c18-12-3-1-10(5-13(12)22(25)26)7-20-21-16(23)8-19-17(24)11-2-4-14-15(6-11)28-9-27-14/h1-7H,8-9H2,(H,19,24)(H,21,23)/b20-7-. The molecule has 0 aromatic heterocycles. The smallest absolute Gasteiger partial charge is 0.284 e. The SMILES string of the molecule is O=C(CNC(=O)c1ccc2c(c1)OCO2)N/N=C\c1ccc(Br)c([N+](=O)[O-])c1.